The van der Waals surface area contributed by atoms with Gasteiger partial charge in [-0.2, -0.15) is 0 Å². The summed E-state index contributed by atoms with van der Waals surface area (Å²) in [5.74, 6) is -0.168. The zero-order valence-corrected chi connectivity index (χ0v) is 9.42. The summed E-state index contributed by atoms with van der Waals surface area (Å²) in [4.78, 5) is 10.4. The molecule has 2 heteroatoms. The molecule has 14 heavy (non-hydrogen) atoms. The molecule has 0 N–H and O–H groups in total. The van der Waals surface area contributed by atoms with Crippen LogP contribution in [0, 0.1) is 0 Å². The van der Waals surface area contributed by atoms with E-state index in [4.69, 9.17) is 4.74 Å². The second-order valence-electron chi connectivity index (χ2n) is 3.47. The Kier molecular flexibility index (Phi) is 9.71. The summed E-state index contributed by atoms with van der Waals surface area (Å²) < 4.78 is 4.84. The molecule has 0 saturated carbocycles. The molecule has 0 aliphatic carbocycles. The smallest absolute Gasteiger partial charge is 0.302 e. The Bertz CT molecular complexity index is 162. The van der Waals surface area contributed by atoms with Gasteiger partial charge in [0, 0.05) is 6.92 Å². The number of carbonyl (C=O) groups excluding carboxylic acids is 1. The van der Waals surface area contributed by atoms with Crippen LogP contribution in [0.3, 0.4) is 0 Å². The molecule has 0 bridgehead atoms. The zero-order valence-electron chi connectivity index (χ0n) is 9.42. The van der Waals surface area contributed by atoms with E-state index in [1.807, 2.05) is 0 Å². The largest absolute Gasteiger partial charge is 0.466 e. The van der Waals surface area contributed by atoms with Gasteiger partial charge < -0.3 is 4.74 Å². The first-order valence-electron chi connectivity index (χ1n) is 5.52. The van der Waals surface area contributed by atoms with Crippen LogP contribution in [0.15, 0.2) is 12.2 Å². The summed E-state index contributed by atoms with van der Waals surface area (Å²) in [6.45, 7) is 4.10. The fraction of sp³-hybridized carbons (Fsp3) is 0.750. The Morgan fingerprint density at radius 2 is 1.79 bits per heavy atom. The molecule has 0 atom stereocenters. The van der Waals surface area contributed by atoms with Gasteiger partial charge in [-0.05, 0) is 26.2 Å². The van der Waals surface area contributed by atoms with Crippen molar-refractivity contribution in [2.45, 2.75) is 52.4 Å². The van der Waals surface area contributed by atoms with Gasteiger partial charge in [-0.25, -0.2) is 0 Å². The molecular formula is C12H22O2. The Hall–Kier alpha value is -0.790. The molecule has 0 aromatic rings. The summed E-state index contributed by atoms with van der Waals surface area (Å²) in [5, 5.41) is 0. The number of hydrogen-bond acceptors (Lipinski definition) is 2. The first-order chi connectivity index (χ1) is 6.77. The van der Waals surface area contributed by atoms with Crippen LogP contribution in [0.2, 0.25) is 0 Å². The molecule has 0 aliphatic heterocycles. The van der Waals surface area contributed by atoms with Crippen molar-refractivity contribution < 1.29 is 9.53 Å². The van der Waals surface area contributed by atoms with Crippen LogP contribution < -0.4 is 0 Å². The van der Waals surface area contributed by atoms with Gasteiger partial charge in [-0.3, -0.25) is 4.79 Å². The highest BCUT2D eigenvalue weighted by atomic mass is 16.5. The molecule has 0 heterocycles. The molecule has 0 radical (unpaired) electrons. The van der Waals surface area contributed by atoms with Crippen LogP contribution in [0.25, 0.3) is 0 Å². The number of ether oxygens (including phenoxy) is 1. The minimum atomic E-state index is -0.168. The molecular weight excluding hydrogens is 176 g/mol. The zero-order chi connectivity index (χ0) is 10.6. The predicted molar refractivity (Wildman–Crippen MR) is 59.1 cm³/mol. The molecule has 0 spiro atoms. The maximum atomic E-state index is 10.4. The van der Waals surface area contributed by atoms with E-state index in [0.717, 1.165) is 6.42 Å². The average Bonchev–Trinajstić information content (AvgIpc) is 2.15. The molecule has 0 unspecified atom stereocenters. The number of rotatable bonds is 8. The topological polar surface area (TPSA) is 26.3 Å². The van der Waals surface area contributed by atoms with Crippen LogP contribution in [-0.4, -0.2) is 12.6 Å². The van der Waals surface area contributed by atoms with Gasteiger partial charge in [0.05, 0.1) is 6.61 Å². The highest BCUT2D eigenvalue weighted by molar-refractivity contribution is 5.65. The molecule has 82 valence electrons. The van der Waals surface area contributed by atoms with Crippen LogP contribution in [0.4, 0.5) is 0 Å². The molecule has 0 aliphatic rings. The van der Waals surface area contributed by atoms with Gasteiger partial charge >= 0.3 is 5.97 Å². The normalized spacial score (nSPS) is 10.7. The third-order valence-corrected chi connectivity index (χ3v) is 2.06. The van der Waals surface area contributed by atoms with Gasteiger partial charge in [0.1, 0.15) is 0 Å². The molecule has 0 aromatic heterocycles. The van der Waals surface area contributed by atoms with Crippen molar-refractivity contribution >= 4 is 5.97 Å². The summed E-state index contributed by atoms with van der Waals surface area (Å²) in [5.41, 5.74) is 0. The molecule has 0 amide bonds. The van der Waals surface area contributed by atoms with Gasteiger partial charge in [0.15, 0.2) is 0 Å². The van der Waals surface area contributed by atoms with E-state index in [1.165, 1.54) is 39.0 Å². The third-order valence-electron chi connectivity index (χ3n) is 2.06. The van der Waals surface area contributed by atoms with Crippen LogP contribution in [-0.2, 0) is 9.53 Å². The molecule has 0 aromatic carbocycles. The van der Waals surface area contributed by atoms with Crippen molar-refractivity contribution in [3.63, 3.8) is 0 Å². The Labute approximate surface area is 87.3 Å². The fourth-order valence-electron chi connectivity index (χ4n) is 1.28. The van der Waals surface area contributed by atoms with E-state index >= 15 is 0 Å². The van der Waals surface area contributed by atoms with Gasteiger partial charge in [0.2, 0.25) is 0 Å². The van der Waals surface area contributed by atoms with Gasteiger partial charge in [-0.15, -0.1) is 0 Å². The van der Waals surface area contributed by atoms with E-state index in [9.17, 15) is 4.79 Å². The second-order valence-corrected chi connectivity index (χ2v) is 3.47. The maximum absolute atomic E-state index is 10.4. The van der Waals surface area contributed by atoms with Crippen LogP contribution >= 0.6 is 0 Å². The standard InChI is InChI=1S/C12H22O2/c1-3-4-5-6-7-8-9-10-11-14-12(2)13/h3-4H,5-11H2,1-2H3. The number of esters is 1. The second kappa shape index (κ2) is 10.3. The highest BCUT2D eigenvalue weighted by Gasteiger charge is 1.93. The summed E-state index contributed by atoms with van der Waals surface area (Å²) >= 11 is 0. The minimum absolute atomic E-state index is 0.168. The Morgan fingerprint density at radius 1 is 1.14 bits per heavy atom. The van der Waals surface area contributed by atoms with Crippen molar-refractivity contribution in [1.29, 1.82) is 0 Å². The highest BCUT2D eigenvalue weighted by Crippen LogP contribution is 2.05. The van der Waals surface area contributed by atoms with Gasteiger partial charge in [0.25, 0.3) is 0 Å². The fourth-order valence-corrected chi connectivity index (χ4v) is 1.28. The lowest BCUT2D eigenvalue weighted by molar-refractivity contribution is -0.141. The lowest BCUT2D eigenvalue weighted by Gasteiger charge is -2.01. The number of allylic oxidation sites excluding steroid dienone is 2. The first-order valence-corrected chi connectivity index (χ1v) is 5.52. The predicted octanol–water partition coefficient (Wildman–Crippen LogP) is 3.47. The van der Waals surface area contributed by atoms with E-state index in [0.29, 0.717) is 6.61 Å². The van der Waals surface area contributed by atoms with Crippen molar-refractivity contribution in [2.75, 3.05) is 6.61 Å². The minimum Gasteiger partial charge on any atom is -0.466 e. The van der Waals surface area contributed by atoms with Crippen molar-refractivity contribution in [1.82, 2.24) is 0 Å². The lowest BCUT2D eigenvalue weighted by atomic mass is 10.1. The summed E-state index contributed by atoms with van der Waals surface area (Å²) in [6, 6.07) is 0. The quantitative estimate of drug-likeness (QED) is 0.339. The van der Waals surface area contributed by atoms with Crippen molar-refractivity contribution in [2.24, 2.45) is 0 Å². The van der Waals surface area contributed by atoms with Crippen molar-refractivity contribution in [3.8, 4) is 0 Å². The van der Waals surface area contributed by atoms with Gasteiger partial charge in [-0.1, -0.05) is 31.4 Å². The van der Waals surface area contributed by atoms with E-state index < -0.39 is 0 Å². The number of hydrogen-bond donors (Lipinski definition) is 0. The molecule has 0 fully saturated rings. The van der Waals surface area contributed by atoms with E-state index in [-0.39, 0.29) is 5.97 Å². The van der Waals surface area contributed by atoms with E-state index in [2.05, 4.69) is 19.1 Å². The maximum Gasteiger partial charge on any atom is 0.302 e. The Balaban J connectivity index is 2.95. The average molecular weight is 198 g/mol. The van der Waals surface area contributed by atoms with E-state index in [1.54, 1.807) is 0 Å². The van der Waals surface area contributed by atoms with Crippen molar-refractivity contribution in [3.05, 3.63) is 12.2 Å². The molecule has 0 rings (SSSR count). The number of carbonyl (C=O) groups is 1. The summed E-state index contributed by atoms with van der Waals surface area (Å²) in [6.07, 6.45) is 11.5. The van der Waals surface area contributed by atoms with Crippen LogP contribution in [0.5, 0.6) is 0 Å². The lowest BCUT2D eigenvalue weighted by Crippen LogP contribution is -1.99. The first kappa shape index (κ1) is 13.2. The third kappa shape index (κ3) is 11.2. The molecule has 2 nitrogen and oxygen atoms in total. The molecule has 0 saturated heterocycles. The monoisotopic (exact) mass is 198 g/mol. The number of unbranched alkanes of at least 4 members (excludes halogenated alkanes) is 5. The Morgan fingerprint density at radius 3 is 2.43 bits per heavy atom. The van der Waals surface area contributed by atoms with Crippen LogP contribution in [0.1, 0.15) is 52.4 Å². The SMILES string of the molecule is CC=CCCCCCCCOC(C)=O. The summed E-state index contributed by atoms with van der Waals surface area (Å²) in [7, 11) is 0.